The molecule has 0 bridgehead atoms. The van der Waals surface area contributed by atoms with Gasteiger partial charge in [-0.3, -0.25) is 9.79 Å². The number of nitrogens with one attached hydrogen (secondary N) is 1. The Morgan fingerprint density at radius 3 is 2.92 bits per heavy atom. The van der Waals surface area contributed by atoms with Gasteiger partial charge in [-0.05, 0) is 19.3 Å². The van der Waals surface area contributed by atoms with Crippen LogP contribution in [0, 0.1) is 5.92 Å². The summed E-state index contributed by atoms with van der Waals surface area (Å²) in [6.07, 6.45) is 4.33. The van der Waals surface area contributed by atoms with E-state index in [1.807, 2.05) is 0 Å². The molecule has 0 radical (unpaired) electrons. The predicted octanol–water partition coefficient (Wildman–Crippen LogP) is 1.09. The lowest BCUT2D eigenvalue weighted by atomic mass is 10.2. The van der Waals surface area contributed by atoms with Crippen molar-refractivity contribution in [3.05, 3.63) is 0 Å². The molecular weight excluding hydrogens is 152 g/mol. The average Bonchev–Trinajstić information content (AvgIpc) is 2.80. The molecule has 0 saturated heterocycles. The van der Waals surface area contributed by atoms with E-state index in [0.29, 0.717) is 5.92 Å². The molecule has 1 fully saturated rings. The highest BCUT2D eigenvalue weighted by molar-refractivity contribution is 6.07. The number of carbonyl (C=O) groups excluding carboxylic acids is 1. The van der Waals surface area contributed by atoms with Crippen molar-refractivity contribution in [3.63, 3.8) is 0 Å². The molecule has 0 aromatic heterocycles. The van der Waals surface area contributed by atoms with Crippen LogP contribution in [0.25, 0.3) is 0 Å². The van der Waals surface area contributed by atoms with E-state index in [0.717, 1.165) is 18.7 Å². The number of rotatable bonds is 3. The summed E-state index contributed by atoms with van der Waals surface area (Å²) in [6.45, 7) is 2.08. The molecule has 2 rings (SSSR count). The van der Waals surface area contributed by atoms with Crippen molar-refractivity contribution < 1.29 is 4.79 Å². The second-order valence-electron chi connectivity index (χ2n) is 3.58. The highest BCUT2D eigenvalue weighted by atomic mass is 16.2. The van der Waals surface area contributed by atoms with E-state index in [-0.39, 0.29) is 11.9 Å². The Morgan fingerprint density at radius 2 is 2.33 bits per heavy atom. The van der Waals surface area contributed by atoms with E-state index in [1.165, 1.54) is 12.8 Å². The third kappa shape index (κ3) is 1.36. The summed E-state index contributed by atoms with van der Waals surface area (Å²) in [4.78, 5) is 15.7. The van der Waals surface area contributed by atoms with Gasteiger partial charge in [0.15, 0.2) is 0 Å². The summed E-state index contributed by atoms with van der Waals surface area (Å²) < 4.78 is 0. The minimum absolute atomic E-state index is 0.0781. The molecule has 2 aliphatic rings. The normalized spacial score (nSPS) is 28.6. The maximum Gasteiger partial charge on any atom is 0.250 e. The first-order valence-corrected chi connectivity index (χ1v) is 4.70. The van der Waals surface area contributed by atoms with E-state index in [4.69, 9.17) is 0 Å². The molecule has 0 aromatic rings. The van der Waals surface area contributed by atoms with Crippen LogP contribution in [0.1, 0.15) is 32.6 Å². The fourth-order valence-electron chi connectivity index (χ4n) is 1.50. The number of amides is 1. The molecular formula is C9H14N2O. The number of amidine groups is 1. The first-order valence-electron chi connectivity index (χ1n) is 4.70. The highest BCUT2D eigenvalue weighted by Crippen LogP contribution is 2.31. The van der Waals surface area contributed by atoms with Gasteiger partial charge in [0.2, 0.25) is 5.91 Å². The Morgan fingerprint density at radius 1 is 1.58 bits per heavy atom. The summed E-state index contributed by atoms with van der Waals surface area (Å²) in [6, 6.07) is -0.0781. The summed E-state index contributed by atoms with van der Waals surface area (Å²) in [5.41, 5.74) is 0. The smallest absolute Gasteiger partial charge is 0.250 e. The summed E-state index contributed by atoms with van der Waals surface area (Å²) in [7, 11) is 0. The van der Waals surface area contributed by atoms with Crippen molar-refractivity contribution in [2.75, 3.05) is 0 Å². The van der Waals surface area contributed by atoms with Crippen molar-refractivity contribution >= 4 is 11.7 Å². The fraction of sp³-hybridized carbons (Fsp3) is 0.778. The van der Waals surface area contributed by atoms with E-state index in [2.05, 4.69) is 17.2 Å². The first kappa shape index (κ1) is 7.77. The predicted molar refractivity (Wildman–Crippen MR) is 47.0 cm³/mol. The van der Waals surface area contributed by atoms with Crippen molar-refractivity contribution in [1.29, 1.82) is 0 Å². The molecule has 3 heteroatoms. The van der Waals surface area contributed by atoms with Crippen LogP contribution in [-0.2, 0) is 4.79 Å². The lowest BCUT2D eigenvalue weighted by molar-refractivity contribution is -0.120. The SMILES string of the molecule is CCCC1N=C(C2CC2)NC1=O. The number of nitrogens with zero attached hydrogens (tertiary/aromatic N) is 1. The molecule has 3 nitrogen and oxygen atoms in total. The van der Waals surface area contributed by atoms with Gasteiger partial charge < -0.3 is 5.32 Å². The second-order valence-corrected chi connectivity index (χ2v) is 3.58. The lowest BCUT2D eigenvalue weighted by Crippen LogP contribution is -2.29. The van der Waals surface area contributed by atoms with Crippen LogP contribution in [0.2, 0.25) is 0 Å². The van der Waals surface area contributed by atoms with Gasteiger partial charge in [0.1, 0.15) is 11.9 Å². The van der Waals surface area contributed by atoms with Gasteiger partial charge in [-0.25, -0.2) is 0 Å². The Bertz CT molecular complexity index is 231. The molecule has 1 N–H and O–H groups in total. The van der Waals surface area contributed by atoms with Crippen molar-refractivity contribution in [2.24, 2.45) is 10.9 Å². The summed E-state index contributed by atoms with van der Waals surface area (Å²) >= 11 is 0. The second kappa shape index (κ2) is 2.88. The van der Waals surface area contributed by atoms with Crippen LogP contribution in [0.5, 0.6) is 0 Å². The van der Waals surface area contributed by atoms with Gasteiger partial charge in [0, 0.05) is 5.92 Å². The van der Waals surface area contributed by atoms with E-state index >= 15 is 0 Å². The van der Waals surface area contributed by atoms with E-state index in [1.54, 1.807) is 0 Å². The van der Waals surface area contributed by atoms with Gasteiger partial charge in [0.25, 0.3) is 0 Å². The van der Waals surface area contributed by atoms with Crippen LogP contribution in [0.4, 0.5) is 0 Å². The van der Waals surface area contributed by atoms with Gasteiger partial charge in [-0.2, -0.15) is 0 Å². The Labute approximate surface area is 72.3 Å². The molecule has 1 aliphatic heterocycles. The van der Waals surface area contributed by atoms with Gasteiger partial charge in [-0.15, -0.1) is 0 Å². The number of aliphatic imine (C=N–C) groups is 1. The lowest BCUT2D eigenvalue weighted by Gasteiger charge is -1.99. The monoisotopic (exact) mass is 166 g/mol. The van der Waals surface area contributed by atoms with Gasteiger partial charge in [0.05, 0.1) is 0 Å². The third-order valence-corrected chi connectivity index (χ3v) is 2.38. The standard InChI is InChI=1S/C9H14N2O/c1-2-3-7-9(12)11-8(10-7)6-4-5-6/h6-7H,2-5H2,1H3,(H,10,11,12). The fourth-order valence-corrected chi connectivity index (χ4v) is 1.50. The molecule has 0 spiro atoms. The molecule has 1 unspecified atom stereocenters. The minimum Gasteiger partial charge on any atom is -0.312 e. The van der Waals surface area contributed by atoms with E-state index in [9.17, 15) is 4.79 Å². The summed E-state index contributed by atoms with van der Waals surface area (Å²) in [5.74, 6) is 1.65. The molecule has 0 aromatic carbocycles. The zero-order valence-corrected chi connectivity index (χ0v) is 7.34. The Hall–Kier alpha value is -0.860. The van der Waals surface area contributed by atoms with Crippen molar-refractivity contribution in [2.45, 2.75) is 38.6 Å². The molecule has 1 atom stereocenters. The largest absolute Gasteiger partial charge is 0.312 e. The highest BCUT2D eigenvalue weighted by Gasteiger charge is 2.35. The Balaban J connectivity index is 2.00. The van der Waals surface area contributed by atoms with E-state index < -0.39 is 0 Å². The van der Waals surface area contributed by atoms with Crippen LogP contribution >= 0.6 is 0 Å². The molecule has 1 amide bonds. The average molecular weight is 166 g/mol. The molecule has 1 heterocycles. The maximum atomic E-state index is 11.3. The molecule has 1 saturated carbocycles. The summed E-state index contributed by atoms with van der Waals surface area (Å²) in [5, 5.41) is 2.86. The van der Waals surface area contributed by atoms with Gasteiger partial charge in [-0.1, -0.05) is 13.3 Å². The number of carbonyl (C=O) groups is 1. The Kier molecular flexibility index (Phi) is 1.87. The first-order chi connectivity index (χ1) is 5.81. The number of hydrogen-bond acceptors (Lipinski definition) is 2. The topological polar surface area (TPSA) is 41.5 Å². The maximum absolute atomic E-state index is 11.3. The number of hydrogen-bond donors (Lipinski definition) is 1. The van der Waals surface area contributed by atoms with Crippen molar-refractivity contribution in [3.8, 4) is 0 Å². The van der Waals surface area contributed by atoms with Gasteiger partial charge >= 0.3 is 0 Å². The van der Waals surface area contributed by atoms with Crippen LogP contribution in [0.15, 0.2) is 4.99 Å². The van der Waals surface area contributed by atoms with Crippen LogP contribution < -0.4 is 5.32 Å². The molecule has 12 heavy (non-hydrogen) atoms. The minimum atomic E-state index is -0.0781. The molecule has 66 valence electrons. The zero-order chi connectivity index (χ0) is 8.55. The molecule has 1 aliphatic carbocycles. The quantitative estimate of drug-likeness (QED) is 0.670. The van der Waals surface area contributed by atoms with Crippen LogP contribution in [0.3, 0.4) is 0 Å². The third-order valence-electron chi connectivity index (χ3n) is 2.38. The van der Waals surface area contributed by atoms with Crippen molar-refractivity contribution in [1.82, 2.24) is 5.32 Å². The van der Waals surface area contributed by atoms with Crippen LogP contribution in [-0.4, -0.2) is 17.8 Å². The zero-order valence-electron chi connectivity index (χ0n) is 7.34.